The third kappa shape index (κ3) is 3.32. The van der Waals surface area contributed by atoms with E-state index in [2.05, 4.69) is 11.8 Å². The Morgan fingerprint density at radius 3 is 2.68 bits per heavy atom. The van der Waals surface area contributed by atoms with Crippen molar-refractivity contribution in [2.45, 2.75) is 45.2 Å². The molecule has 0 bridgehead atoms. The van der Waals surface area contributed by atoms with Gasteiger partial charge in [0.2, 0.25) is 0 Å². The van der Waals surface area contributed by atoms with Crippen molar-refractivity contribution in [2.75, 3.05) is 6.54 Å². The van der Waals surface area contributed by atoms with Gasteiger partial charge in [-0.25, -0.2) is 9.18 Å². The van der Waals surface area contributed by atoms with Crippen LogP contribution in [-0.4, -0.2) is 28.6 Å². The van der Waals surface area contributed by atoms with E-state index >= 15 is 0 Å². The molecule has 0 heterocycles. The molecule has 0 aromatic heterocycles. The molecule has 0 unspecified atom stereocenters. The molecule has 0 atom stereocenters. The van der Waals surface area contributed by atoms with E-state index in [9.17, 15) is 9.18 Å². The third-order valence-electron chi connectivity index (χ3n) is 3.92. The molecule has 0 radical (unpaired) electrons. The lowest BCUT2D eigenvalue weighted by atomic mass is 10.1. The standard InChI is InChI=1S/C15H20FNO2/c1-2-17(13-5-3-4-6-13)10-11-9-12(16)7-8-14(11)15(18)19/h7-9,13H,2-6,10H2,1H3,(H,18,19). The maximum Gasteiger partial charge on any atom is 0.336 e. The van der Waals surface area contributed by atoms with Gasteiger partial charge in [0.25, 0.3) is 0 Å². The van der Waals surface area contributed by atoms with Crippen molar-refractivity contribution < 1.29 is 14.3 Å². The van der Waals surface area contributed by atoms with Crippen LogP contribution in [-0.2, 0) is 6.54 Å². The average Bonchev–Trinajstić information content (AvgIpc) is 2.89. The zero-order valence-corrected chi connectivity index (χ0v) is 11.2. The van der Waals surface area contributed by atoms with E-state index in [1.54, 1.807) is 0 Å². The van der Waals surface area contributed by atoms with Gasteiger partial charge in [0, 0.05) is 12.6 Å². The van der Waals surface area contributed by atoms with Crippen LogP contribution in [0.5, 0.6) is 0 Å². The van der Waals surface area contributed by atoms with E-state index in [1.807, 2.05) is 0 Å². The van der Waals surface area contributed by atoms with Crippen LogP contribution in [0, 0.1) is 5.82 Å². The van der Waals surface area contributed by atoms with Gasteiger partial charge in [-0.2, -0.15) is 0 Å². The fraction of sp³-hybridized carbons (Fsp3) is 0.533. The number of halogens is 1. The number of hydrogen-bond donors (Lipinski definition) is 1. The van der Waals surface area contributed by atoms with Crippen LogP contribution in [0.2, 0.25) is 0 Å². The Morgan fingerprint density at radius 2 is 2.11 bits per heavy atom. The minimum Gasteiger partial charge on any atom is -0.478 e. The van der Waals surface area contributed by atoms with Gasteiger partial charge in [0.05, 0.1) is 5.56 Å². The zero-order chi connectivity index (χ0) is 13.8. The molecule has 3 nitrogen and oxygen atoms in total. The predicted octanol–water partition coefficient (Wildman–Crippen LogP) is 3.29. The molecule has 1 fully saturated rings. The highest BCUT2D eigenvalue weighted by molar-refractivity contribution is 5.89. The first-order valence-corrected chi connectivity index (χ1v) is 6.87. The summed E-state index contributed by atoms with van der Waals surface area (Å²) in [5.74, 6) is -1.36. The van der Waals surface area contributed by atoms with Crippen LogP contribution < -0.4 is 0 Å². The van der Waals surface area contributed by atoms with Gasteiger partial charge in [-0.15, -0.1) is 0 Å². The summed E-state index contributed by atoms with van der Waals surface area (Å²) >= 11 is 0. The van der Waals surface area contributed by atoms with Crippen LogP contribution in [0.15, 0.2) is 18.2 Å². The molecule has 1 aliphatic rings. The van der Waals surface area contributed by atoms with Crippen molar-refractivity contribution in [2.24, 2.45) is 0 Å². The number of carboxylic acid groups (broad SMARTS) is 1. The van der Waals surface area contributed by atoms with Gasteiger partial charge in [-0.05, 0) is 43.1 Å². The molecule has 0 aliphatic heterocycles. The summed E-state index contributed by atoms with van der Waals surface area (Å²) in [4.78, 5) is 13.4. The minimum atomic E-state index is -0.988. The second-order valence-electron chi connectivity index (χ2n) is 5.11. The van der Waals surface area contributed by atoms with Gasteiger partial charge in [0.15, 0.2) is 0 Å². The predicted molar refractivity (Wildman–Crippen MR) is 71.7 cm³/mol. The van der Waals surface area contributed by atoms with Crippen LogP contribution in [0.25, 0.3) is 0 Å². The van der Waals surface area contributed by atoms with E-state index < -0.39 is 5.97 Å². The average molecular weight is 265 g/mol. The van der Waals surface area contributed by atoms with Crippen molar-refractivity contribution in [1.29, 1.82) is 0 Å². The number of aromatic carboxylic acids is 1. The Labute approximate surface area is 113 Å². The highest BCUT2D eigenvalue weighted by Gasteiger charge is 2.23. The largest absolute Gasteiger partial charge is 0.478 e. The Hall–Kier alpha value is -1.42. The molecule has 1 N–H and O–H groups in total. The fourth-order valence-electron chi connectivity index (χ4n) is 2.89. The van der Waals surface area contributed by atoms with Gasteiger partial charge >= 0.3 is 5.97 Å². The summed E-state index contributed by atoms with van der Waals surface area (Å²) in [5.41, 5.74) is 0.777. The maximum atomic E-state index is 13.3. The normalized spacial score (nSPS) is 16.2. The Balaban J connectivity index is 2.20. The van der Waals surface area contributed by atoms with E-state index in [1.165, 1.54) is 31.0 Å². The Kier molecular flexibility index (Phi) is 4.53. The first-order valence-electron chi connectivity index (χ1n) is 6.87. The molecular formula is C15H20FNO2. The molecule has 1 saturated carbocycles. The SMILES string of the molecule is CCN(Cc1cc(F)ccc1C(=O)O)C1CCCC1. The first-order chi connectivity index (χ1) is 9.11. The van der Waals surface area contributed by atoms with Gasteiger partial charge in [-0.3, -0.25) is 4.90 Å². The Bertz CT molecular complexity index is 455. The summed E-state index contributed by atoms with van der Waals surface area (Å²) in [6.45, 7) is 3.44. The van der Waals surface area contributed by atoms with Crippen molar-refractivity contribution in [1.82, 2.24) is 4.90 Å². The number of nitrogens with zero attached hydrogens (tertiary/aromatic N) is 1. The third-order valence-corrected chi connectivity index (χ3v) is 3.92. The number of carboxylic acids is 1. The van der Waals surface area contributed by atoms with E-state index in [0.717, 1.165) is 19.4 Å². The van der Waals surface area contributed by atoms with E-state index in [-0.39, 0.29) is 11.4 Å². The number of rotatable bonds is 5. The molecule has 2 rings (SSSR count). The van der Waals surface area contributed by atoms with Crippen molar-refractivity contribution in [3.63, 3.8) is 0 Å². The van der Waals surface area contributed by atoms with Gasteiger partial charge < -0.3 is 5.11 Å². The van der Waals surface area contributed by atoms with Gasteiger partial charge in [-0.1, -0.05) is 19.8 Å². The molecule has 1 aromatic carbocycles. The second-order valence-corrected chi connectivity index (χ2v) is 5.11. The minimum absolute atomic E-state index is 0.206. The first kappa shape index (κ1) is 14.0. The van der Waals surface area contributed by atoms with Crippen LogP contribution >= 0.6 is 0 Å². The van der Waals surface area contributed by atoms with E-state index in [4.69, 9.17) is 5.11 Å². The molecule has 1 aromatic rings. The van der Waals surface area contributed by atoms with Crippen molar-refractivity contribution in [3.05, 3.63) is 35.1 Å². The maximum absolute atomic E-state index is 13.3. The topological polar surface area (TPSA) is 40.5 Å². The van der Waals surface area contributed by atoms with Crippen LogP contribution in [0.1, 0.15) is 48.5 Å². The highest BCUT2D eigenvalue weighted by atomic mass is 19.1. The van der Waals surface area contributed by atoms with Crippen molar-refractivity contribution >= 4 is 5.97 Å². The molecule has 19 heavy (non-hydrogen) atoms. The van der Waals surface area contributed by atoms with Crippen molar-refractivity contribution in [3.8, 4) is 0 Å². The molecule has 4 heteroatoms. The second kappa shape index (κ2) is 6.15. The van der Waals surface area contributed by atoms with Crippen LogP contribution in [0.4, 0.5) is 4.39 Å². The molecule has 1 aliphatic carbocycles. The number of carbonyl (C=O) groups is 1. The lowest BCUT2D eigenvalue weighted by Gasteiger charge is -2.28. The summed E-state index contributed by atoms with van der Waals surface area (Å²) in [6, 6.07) is 4.42. The summed E-state index contributed by atoms with van der Waals surface area (Å²) in [7, 11) is 0. The number of benzene rings is 1. The summed E-state index contributed by atoms with van der Waals surface area (Å²) < 4.78 is 13.3. The van der Waals surface area contributed by atoms with Crippen LogP contribution in [0.3, 0.4) is 0 Å². The fourth-order valence-corrected chi connectivity index (χ4v) is 2.89. The monoisotopic (exact) mass is 265 g/mol. The lowest BCUT2D eigenvalue weighted by molar-refractivity contribution is 0.0693. The summed E-state index contributed by atoms with van der Waals surface area (Å²) in [6.07, 6.45) is 4.78. The molecule has 104 valence electrons. The summed E-state index contributed by atoms with van der Waals surface area (Å²) in [5, 5.41) is 9.17. The molecule has 0 amide bonds. The van der Waals surface area contributed by atoms with Gasteiger partial charge in [0.1, 0.15) is 5.82 Å². The molecule has 0 saturated heterocycles. The smallest absolute Gasteiger partial charge is 0.336 e. The van der Waals surface area contributed by atoms with E-state index in [0.29, 0.717) is 18.2 Å². The number of hydrogen-bond acceptors (Lipinski definition) is 2. The molecule has 0 spiro atoms. The zero-order valence-electron chi connectivity index (χ0n) is 11.2. The highest BCUT2D eigenvalue weighted by Crippen LogP contribution is 2.25. The lowest BCUT2D eigenvalue weighted by Crippen LogP contribution is -2.33. The quantitative estimate of drug-likeness (QED) is 0.888. The molecular weight excluding hydrogens is 245 g/mol. The Morgan fingerprint density at radius 1 is 1.42 bits per heavy atom.